The Morgan fingerprint density at radius 2 is 1.70 bits per heavy atom. The summed E-state index contributed by atoms with van der Waals surface area (Å²) < 4.78 is 11.6. The highest BCUT2D eigenvalue weighted by Crippen LogP contribution is 2.39. The van der Waals surface area contributed by atoms with E-state index in [0.717, 1.165) is 59.2 Å². The van der Waals surface area contributed by atoms with Crippen molar-refractivity contribution >= 4 is 33.2 Å². The maximum Gasteiger partial charge on any atom is 0.246 e. The van der Waals surface area contributed by atoms with Crippen molar-refractivity contribution in [2.45, 2.75) is 33.6 Å². The highest BCUT2D eigenvalue weighted by molar-refractivity contribution is 6.06. The Morgan fingerprint density at radius 3 is 2.42 bits per heavy atom. The van der Waals surface area contributed by atoms with Crippen molar-refractivity contribution in [2.75, 3.05) is 20.2 Å². The van der Waals surface area contributed by atoms with Gasteiger partial charge in [-0.1, -0.05) is 56.3 Å². The number of hydrogen-bond donors (Lipinski definition) is 0. The van der Waals surface area contributed by atoms with Crippen molar-refractivity contribution in [1.82, 2.24) is 4.90 Å². The molecule has 170 valence electrons. The van der Waals surface area contributed by atoms with Gasteiger partial charge in [-0.2, -0.15) is 0 Å². The lowest BCUT2D eigenvalue weighted by Crippen LogP contribution is -2.31. The lowest BCUT2D eigenvalue weighted by molar-refractivity contribution is -0.126. The number of ether oxygens (including phenoxy) is 1. The van der Waals surface area contributed by atoms with Crippen LogP contribution in [0.15, 0.2) is 71.4 Å². The summed E-state index contributed by atoms with van der Waals surface area (Å²) in [4.78, 5) is 14.9. The van der Waals surface area contributed by atoms with Gasteiger partial charge in [0.25, 0.3) is 0 Å². The van der Waals surface area contributed by atoms with E-state index in [1.807, 2.05) is 30.2 Å². The fourth-order valence-corrected chi connectivity index (χ4v) is 4.43. The van der Waals surface area contributed by atoms with E-state index in [-0.39, 0.29) is 5.91 Å². The Kier molecular flexibility index (Phi) is 6.83. The third kappa shape index (κ3) is 4.51. The Labute approximate surface area is 195 Å². The van der Waals surface area contributed by atoms with Crippen LogP contribution in [0.2, 0.25) is 0 Å². The Bertz CT molecular complexity index is 1300. The third-order valence-corrected chi connectivity index (χ3v) is 6.04. The van der Waals surface area contributed by atoms with Gasteiger partial charge in [0, 0.05) is 41.7 Å². The number of allylic oxidation sites excluding steroid dienone is 1. The van der Waals surface area contributed by atoms with Gasteiger partial charge >= 0.3 is 0 Å². The molecule has 0 aliphatic carbocycles. The molecular formula is C29H31NO3. The molecule has 0 spiro atoms. The van der Waals surface area contributed by atoms with E-state index in [4.69, 9.17) is 9.15 Å². The third-order valence-electron chi connectivity index (χ3n) is 6.04. The van der Waals surface area contributed by atoms with Gasteiger partial charge in [-0.15, -0.1) is 0 Å². The monoisotopic (exact) mass is 441 g/mol. The average Bonchev–Trinajstić information content (AvgIpc) is 3.25. The number of amides is 1. The summed E-state index contributed by atoms with van der Waals surface area (Å²) >= 11 is 0. The predicted octanol–water partition coefficient (Wildman–Crippen LogP) is 7.31. The van der Waals surface area contributed by atoms with Gasteiger partial charge in [0.15, 0.2) is 0 Å². The summed E-state index contributed by atoms with van der Waals surface area (Å²) in [5.74, 6) is 0.736. The van der Waals surface area contributed by atoms with Gasteiger partial charge in [-0.3, -0.25) is 4.79 Å². The number of carbonyl (C=O) groups excluding carboxylic acids is 1. The number of furan rings is 1. The van der Waals surface area contributed by atoms with Crippen LogP contribution in [0.3, 0.4) is 0 Å². The average molecular weight is 442 g/mol. The number of carbonyl (C=O) groups is 1. The zero-order valence-electron chi connectivity index (χ0n) is 19.9. The van der Waals surface area contributed by atoms with Crippen molar-refractivity contribution in [1.29, 1.82) is 0 Å². The molecule has 0 saturated heterocycles. The number of rotatable bonds is 8. The molecule has 0 radical (unpaired) electrons. The summed E-state index contributed by atoms with van der Waals surface area (Å²) in [6, 6.07) is 18.7. The lowest BCUT2D eigenvalue weighted by Gasteiger charge is -2.20. The summed E-state index contributed by atoms with van der Waals surface area (Å²) in [5, 5.41) is 3.37. The molecule has 0 saturated carbocycles. The van der Waals surface area contributed by atoms with Crippen LogP contribution < -0.4 is 4.74 Å². The first-order chi connectivity index (χ1) is 16.1. The van der Waals surface area contributed by atoms with Crippen molar-refractivity contribution < 1.29 is 13.9 Å². The lowest BCUT2D eigenvalue weighted by atomic mass is 9.96. The highest BCUT2D eigenvalue weighted by atomic mass is 16.5. The van der Waals surface area contributed by atoms with Crippen LogP contribution in [-0.2, 0) is 4.79 Å². The van der Waals surface area contributed by atoms with E-state index in [1.54, 1.807) is 13.2 Å². The SMILES string of the molecule is CCCN(CCC)C(=O)/C=C(\C)c1cc2c(-c3cccc4ccccc34)coc2cc1OC. The Hall–Kier alpha value is -3.53. The molecule has 1 amide bonds. The topological polar surface area (TPSA) is 42.7 Å². The maximum atomic E-state index is 12.9. The van der Waals surface area contributed by atoms with Gasteiger partial charge < -0.3 is 14.1 Å². The van der Waals surface area contributed by atoms with Crippen LogP contribution >= 0.6 is 0 Å². The first-order valence-electron chi connectivity index (χ1n) is 11.6. The van der Waals surface area contributed by atoms with Gasteiger partial charge in [0.05, 0.1) is 13.4 Å². The Morgan fingerprint density at radius 1 is 0.970 bits per heavy atom. The molecule has 4 aromatic rings. The molecule has 0 aliphatic heterocycles. The standard InChI is InChI=1S/C29H31NO3/c1-5-14-30(15-6-2)29(31)16-20(3)24-17-25-26(19-33-28(25)18-27(24)32-4)23-13-9-11-21-10-7-8-12-22(21)23/h7-13,16-19H,5-6,14-15H2,1-4H3/b20-16+. The molecule has 3 aromatic carbocycles. The van der Waals surface area contributed by atoms with Crippen LogP contribution in [0.1, 0.15) is 39.2 Å². The quantitative estimate of drug-likeness (QED) is 0.269. The fraction of sp³-hybridized carbons (Fsp3) is 0.276. The zero-order valence-corrected chi connectivity index (χ0v) is 19.9. The van der Waals surface area contributed by atoms with Crippen molar-refractivity contribution in [3.8, 4) is 16.9 Å². The molecule has 0 fully saturated rings. The van der Waals surface area contributed by atoms with Crippen LogP contribution in [0.25, 0.3) is 38.4 Å². The van der Waals surface area contributed by atoms with Crippen LogP contribution in [-0.4, -0.2) is 31.0 Å². The first kappa shape index (κ1) is 22.7. The largest absolute Gasteiger partial charge is 0.496 e. The van der Waals surface area contributed by atoms with Crippen molar-refractivity contribution in [3.05, 3.63) is 72.5 Å². The predicted molar refractivity (Wildman–Crippen MR) is 137 cm³/mol. The van der Waals surface area contributed by atoms with Crippen LogP contribution in [0.5, 0.6) is 5.75 Å². The second-order valence-corrected chi connectivity index (χ2v) is 8.38. The second-order valence-electron chi connectivity index (χ2n) is 8.38. The van der Waals surface area contributed by atoms with Crippen LogP contribution in [0, 0.1) is 0 Å². The number of fused-ring (bicyclic) bond motifs is 2. The first-order valence-corrected chi connectivity index (χ1v) is 11.6. The van der Waals surface area contributed by atoms with Crippen LogP contribution in [0.4, 0.5) is 0 Å². The number of hydrogen-bond acceptors (Lipinski definition) is 3. The molecule has 0 atom stereocenters. The summed E-state index contributed by atoms with van der Waals surface area (Å²) in [7, 11) is 1.65. The van der Waals surface area contributed by atoms with E-state index < -0.39 is 0 Å². The van der Waals surface area contributed by atoms with E-state index in [0.29, 0.717) is 5.75 Å². The van der Waals surface area contributed by atoms with Crippen molar-refractivity contribution in [3.63, 3.8) is 0 Å². The zero-order chi connectivity index (χ0) is 23.4. The molecule has 1 aromatic heterocycles. The molecule has 33 heavy (non-hydrogen) atoms. The normalized spacial score (nSPS) is 11.8. The van der Waals surface area contributed by atoms with Gasteiger partial charge in [-0.25, -0.2) is 0 Å². The van der Waals surface area contributed by atoms with Gasteiger partial charge in [0.1, 0.15) is 11.3 Å². The number of benzene rings is 3. The minimum absolute atomic E-state index is 0.0415. The molecular weight excluding hydrogens is 410 g/mol. The molecule has 1 heterocycles. The fourth-order valence-electron chi connectivity index (χ4n) is 4.43. The Balaban J connectivity index is 1.82. The minimum Gasteiger partial charge on any atom is -0.496 e. The highest BCUT2D eigenvalue weighted by Gasteiger charge is 2.17. The maximum absolute atomic E-state index is 12.9. The van der Waals surface area contributed by atoms with E-state index in [1.165, 1.54) is 10.8 Å². The molecule has 0 bridgehead atoms. The molecule has 0 unspecified atom stereocenters. The van der Waals surface area contributed by atoms with E-state index in [9.17, 15) is 4.79 Å². The molecule has 4 rings (SSSR count). The molecule has 4 heteroatoms. The summed E-state index contributed by atoms with van der Waals surface area (Å²) in [6.45, 7) is 7.68. The summed E-state index contributed by atoms with van der Waals surface area (Å²) in [5.41, 5.74) is 4.69. The van der Waals surface area contributed by atoms with E-state index in [2.05, 4.69) is 56.3 Å². The van der Waals surface area contributed by atoms with Gasteiger partial charge in [0.2, 0.25) is 5.91 Å². The van der Waals surface area contributed by atoms with Gasteiger partial charge in [-0.05, 0) is 47.7 Å². The minimum atomic E-state index is 0.0415. The number of nitrogens with zero attached hydrogens (tertiary/aromatic N) is 1. The van der Waals surface area contributed by atoms with E-state index >= 15 is 0 Å². The molecule has 0 N–H and O–H groups in total. The molecule has 0 aliphatic rings. The number of methoxy groups -OCH3 is 1. The van der Waals surface area contributed by atoms with Crippen molar-refractivity contribution in [2.24, 2.45) is 0 Å². The summed E-state index contributed by atoms with van der Waals surface area (Å²) in [6.07, 6.45) is 5.42. The second kappa shape index (κ2) is 9.95. The molecule has 4 nitrogen and oxygen atoms in total. The smallest absolute Gasteiger partial charge is 0.246 e.